The number of aromatic hydroxyl groups is 1. The molecule has 2 nitrogen and oxygen atoms in total. The minimum atomic E-state index is 0.306. The predicted octanol–water partition coefficient (Wildman–Crippen LogP) is 4.76. The van der Waals surface area contributed by atoms with Crippen molar-refractivity contribution in [2.75, 3.05) is 0 Å². The van der Waals surface area contributed by atoms with Crippen molar-refractivity contribution >= 4 is 6.71 Å². The third kappa shape index (κ3) is 2.97. The van der Waals surface area contributed by atoms with Crippen molar-refractivity contribution in [2.45, 2.75) is 69.5 Å². The molecule has 2 fully saturated rings. The molecule has 108 valence electrons. The van der Waals surface area contributed by atoms with Crippen LogP contribution in [0.3, 0.4) is 0 Å². The monoisotopic (exact) mass is 272 g/mol. The molecule has 0 saturated carbocycles. The summed E-state index contributed by atoms with van der Waals surface area (Å²) in [6.45, 7) is 3.26. The zero-order valence-corrected chi connectivity index (χ0v) is 12.4. The zero-order chi connectivity index (χ0) is 13.9. The van der Waals surface area contributed by atoms with E-state index in [2.05, 4.69) is 6.92 Å². The van der Waals surface area contributed by atoms with Crippen molar-refractivity contribution in [1.29, 1.82) is 0 Å². The molecule has 2 unspecified atom stereocenters. The number of fused-ring (bicyclic) bond motifs is 2. The molecule has 2 bridgehead atoms. The summed E-state index contributed by atoms with van der Waals surface area (Å²) in [4.78, 5) is 0. The summed E-state index contributed by atoms with van der Waals surface area (Å²) in [5.41, 5.74) is 0. The Morgan fingerprint density at radius 1 is 1.15 bits per heavy atom. The number of hydrogen-bond acceptors (Lipinski definition) is 2. The Kier molecular flexibility index (Phi) is 4.23. The van der Waals surface area contributed by atoms with E-state index in [1.807, 2.05) is 12.1 Å². The van der Waals surface area contributed by atoms with E-state index in [-0.39, 0.29) is 0 Å². The second kappa shape index (κ2) is 6.11. The van der Waals surface area contributed by atoms with Crippen LogP contribution in [0.2, 0.25) is 18.0 Å². The number of hydrogen-bond donors (Lipinski definition) is 1. The van der Waals surface area contributed by atoms with Crippen LogP contribution in [0.1, 0.15) is 45.4 Å². The lowest BCUT2D eigenvalue weighted by atomic mass is 9.32. The molecule has 1 N–H and O–H groups in total. The van der Waals surface area contributed by atoms with Gasteiger partial charge < -0.3 is 9.84 Å². The Morgan fingerprint density at radius 3 is 2.40 bits per heavy atom. The highest BCUT2D eigenvalue weighted by Crippen LogP contribution is 2.51. The summed E-state index contributed by atoms with van der Waals surface area (Å²) in [6.07, 6.45) is 9.80. The summed E-state index contributed by atoms with van der Waals surface area (Å²) < 4.78 is 6.13. The fourth-order valence-electron chi connectivity index (χ4n) is 4.32. The third-order valence-corrected chi connectivity index (χ3v) is 5.28. The van der Waals surface area contributed by atoms with Crippen LogP contribution < -0.4 is 4.74 Å². The van der Waals surface area contributed by atoms with E-state index in [4.69, 9.17) is 4.74 Å². The highest BCUT2D eigenvalue weighted by Gasteiger charge is 2.44. The Labute approximate surface area is 122 Å². The maximum absolute atomic E-state index is 9.32. The molecule has 3 heteroatoms. The fraction of sp³-hybridized carbons (Fsp3) is 0.647. The molecule has 0 aliphatic carbocycles. The Bertz CT molecular complexity index is 417. The Morgan fingerprint density at radius 2 is 1.80 bits per heavy atom. The van der Waals surface area contributed by atoms with Gasteiger partial charge in [-0.05, 0) is 37.1 Å². The smallest absolute Gasteiger partial charge is 0.146 e. The number of unbranched alkanes of at least 4 members (excludes halogenated alkanes) is 1. The van der Waals surface area contributed by atoms with E-state index >= 15 is 0 Å². The molecular formula is C17H25BO2. The van der Waals surface area contributed by atoms with Gasteiger partial charge in [0.05, 0.1) is 6.10 Å². The topological polar surface area (TPSA) is 29.5 Å². The van der Waals surface area contributed by atoms with Crippen molar-refractivity contribution in [3.05, 3.63) is 24.3 Å². The summed E-state index contributed by atoms with van der Waals surface area (Å²) in [6, 6.07) is 7.16. The molecule has 0 aromatic heterocycles. The van der Waals surface area contributed by atoms with E-state index in [1.54, 1.807) is 12.1 Å². The minimum Gasteiger partial charge on any atom is -0.508 e. The summed E-state index contributed by atoms with van der Waals surface area (Å²) >= 11 is 0. The van der Waals surface area contributed by atoms with Gasteiger partial charge in [0.15, 0.2) is 0 Å². The third-order valence-electron chi connectivity index (χ3n) is 5.28. The van der Waals surface area contributed by atoms with Crippen LogP contribution in [0, 0.1) is 0 Å². The lowest BCUT2D eigenvalue weighted by Crippen LogP contribution is -2.34. The predicted molar refractivity (Wildman–Crippen MR) is 84.0 cm³/mol. The number of benzene rings is 1. The van der Waals surface area contributed by atoms with Gasteiger partial charge in [-0.25, -0.2) is 0 Å². The summed E-state index contributed by atoms with van der Waals surface area (Å²) in [5, 5.41) is 9.32. The van der Waals surface area contributed by atoms with Crippen LogP contribution in [0.25, 0.3) is 0 Å². The van der Waals surface area contributed by atoms with Crippen LogP contribution in [-0.2, 0) is 0 Å². The molecule has 0 spiro atoms. The molecule has 0 radical (unpaired) electrons. The second-order valence-corrected chi connectivity index (χ2v) is 6.61. The second-order valence-electron chi connectivity index (χ2n) is 6.61. The van der Waals surface area contributed by atoms with Gasteiger partial charge in [-0.2, -0.15) is 0 Å². The molecule has 1 aromatic carbocycles. The average Bonchev–Trinajstić information content (AvgIpc) is 2.69. The van der Waals surface area contributed by atoms with Crippen LogP contribution in [0.5, 0.6) is 11.5 Å². The first-order valence-electron chi connectivity index (χ1n) is 8.22. The molecule has 2 aliphatic rings. The maximum Gasteiger partial charge on any atom is 0.146 e. The summed E-state index contributed by atoms with van der Waals surface area (Å²) in [5.74, 6) is 2.99. The van der Waals surface area contributed by atoms with Gasteiger partial charge in [0.2, 0.25) is 0 Å². The van der Waals surface area contributed by atoms with Crippen LogP contribution in [-0.4, -0.2) is 17.9 Å². The summed E-state index contributed by atoms with van der Waals surface area (Å²) in [7, 11) is 0. The van der Waals surface area contributed by atoms with E-state index in [9.17, 15) is 5.11 Å². The number of phenolic OH excluding ortho intramolecular Hbond substituents is 1. The molecular weight excluding hydrogens is 247 g/mol. The zero-order valence-electron chi connectivity index (χ0n) is 12.4. The van der Waals surface area contributed by atoms with Crippen molar-refractivity contribution in [2.24, 2.45) is 0 Å². The molecule has 2 saturated heterocycles. The van der Waals surface area contributed by atoms with Crippen LogP contribution >= 0.6 is 0 Å². The molecule has 3 rings (SSSR count). The van der Waals surface area contributed by atoms with Gasteiger partial charge in [-0.1, -0.05) is 50.6 Å². The molecule has 2 atom stereocenters. The maximum atomic E-state index is 9.32. The Balaban J connectivity index is 1.58. The Hall–Kier alpha value is -1.12. The lowest BCUT2D eigenvalue weighted by Gasteiger charge is -2.33. The molecule has 1 aromatic rings. The minimum absolute atomic E-state index is 0.306. The molecule has 2 heterocycles. The first kappa shape index (κ1) is 13.8. The standard InChI is InChI=1S/C17H25BO2/c1-2-3-10-18-13-4-5-14(18)12-17(11-13)20-16-8-6-15(19)7-9-16/h6-9,13-14,17,19H,2-5,10-12H2,1H3. The van der Waals surface area contributed by atoms with Gasteiger partial charge >= 0.3 is 0 Å². The number of phenols is 1. The molecule has 20 heavy (non-hydrogen) atoms. The van der Waals surface area contributed by atoms with Gasteiger partial charge in [0.1, 0.15) is 18.2 Å². The molecule has 2 aliphatic heterocycles. The van der Waals surface area contributed by atoms with E-state index in [0.717, 1.165) is 24.1 Å². The highest BCUT2D eigenvalue weighted by molar-refractivity contribution is 6.63. The highest BCUT2D eigenvalue weighted by atomic mass is 16.5. The van der Waals surface area contributed by atoms with E-state index in [1.165, 1.54) is 44.8 Å². The van der Waals surface area contributed by atoms with Gasteiger partial charge in [-0.15, -0.1) is 0 Å². The van der Waals surface area contributed by atoms with E-state index in [0.29, 0.717) is 11.9 Å². The number of rotatable bonds is 5. The van der Waals surface area contributed by atoms with Gasteiger partial charge in [0.25, 0.3) is 0 Å². The van der Waals surface area contributed by atoms with Crippen molar-refractivity contribution < 1.29 is 9.84 Å². The lowest BCUT2D eigenvalue weighted by molar-refractivity contribution is 0.175. The normalized spacial score (nSPS) is 28.6. The van der Waals surface area contributed by atoms with E-state index < -0.39 is 0 Å². The molecule has 0 amide bonds. The van der Waals surface area contributed by atoms with Gasteiger partial charge in [0, 0.05) is 0 Å². The van der Waals surface area contributed by atoms with Gasteiger partial charge in [-0.3, -0.25) is 0 Å². The van der Waals surface area contributed by atoms with Crippen molar-refractivity contribution in [3.63, 3.8) is 0 Å². The first-order valence-corrected chi connectivity index (χ1v) is 8.22. The number of ether oxygens (including phenoxy) is 1. The first-order chi connectivity index (χ1) is 9.76. The van der Waals surface area contributed by atoms with Crippen LogP contribution in [0.15, 0.2) is 24.3 Å². The quantitative estimate of drug-likeness (QED) is 0.783. The van der Waals surface area contributed by atoms with Crippen molar-refractivity contribution in [1.82, 2.24) is 0 Å². The largest absolute Gasteiger partial charge is 0.508 e. The average molecular weight is 272 g/mol. The van der Waals surface area contributed by atoms with Crippen molar-refractivity contribution in [3.8, 4) is 11.5 Å². The fourth-order valence-corrected chi connectivity index (χ4v) is 4.32. The SMILES string of the molecule is CCCCB1C2CCC1CC(Oc1ccc(O)cc1)C2. The van der Waals surface area contributed by atoms with Crippen LogP contribution in [0.4, 0.5) is 0 Å².